The van der Waals surface area contributed by atoms with E-state index in [1.54, 1.807) is 16.2 Å². The van der Waals surface area contributed by atoms with Gasteiger partial charge in [0.05, 0.1) is 23.2 Å². The van der Waals surface area contributed by atoms with Crippen molar-refractivity contribution in [3.05, 3.63) is 16.1 Å². The van der Waals surface area contributed by atoms with E-state index in [4.69, 9.17) is 0 Å². The second-order valence-electron chi connectivity index (χ2n) is 5.14. The molecule has 1 aromatic heterocycles. The van der Waals surface area contributed by atoms with Gasteiger partial charge in [0.25, 0.3) is 0 Å². The number of hydrogen-bond donors (Lipinski definition) is 1. The van der Waals surface area contributed by atoms with Gasteiger partial charge in [-0.1, -0.05) is 13.8 Å². The number of likely N-dealkylation sites (tertiary alicyclic amines) is 1. The maximum Gasteiger partial charge on any atom is 0.228 e. The van der Waals surface area contributed by atoms with Crippen LogP contribution in [-0.4, -0.2) is 40.1 Å². The van der Waals surface area contributed by atoms with Crippen molar-refractivity contribution in [1.82, 2.24) is 9.88 Å². The standard InChI is InChI=1S/C13H20N2O2S/c1-9(2)13-14-10(8-18-13)6-12(17)15-5-3-4-11(16)7-15/h8-9,11,16H,3-7H2,1-2H3. The van der Waals surface area contributed by atoms with Gasteiger partial charge < -0.3 is 10.0 Å². The van der Waals surface area contributed by atoms with Crippen molar-refractivity contribution in [3.8, 4) is 0 Å². The first-order chi connectivity index (χ1) is 8.56. The number of aliphatic hydroxyl groups excluding tert-OH is 1. The number of nitrogens with zero attached hydrogens (tertiary/aromatic N) is 2. The Kier molecular flexibility index (Phi) is 4.35. The van der Waals surface area contributed by atoms with Crippen molar-refractivity contribution < 1.29 is 9.90 Å². The summed E-state index contributed by atoms with van der Waals surface area (Å²) in [6, 6.07) is 0. The Balaban J connectivity index is 1.93. The molecule has 1 aromatic rings. The summed E-state index contributed by atoms with van der Waals surface area (Å²) in [6.45, 7) is 5.44. The van der Waals surface area contributed by atoms with Gasteiger partial charge in [-0.05, 0) is 12.8 Å². The molecule has 1 amide bonds. The summed E-state index contributed by atoms with van der Waals surface area (Å²) in [5.74, 6) is 0.491. The van der Waals surface area contributed by atoms with Gasteiger partial charge in [-0.2, -0.15) is 0 Å². The third-order valence-corrected chi connectivity index (χ3v) is 4.34. The van der Waals surface area contributed by atoms with Crippen molar-refractivity contribution in [3.63, 3.8) is 0 Å². The number of piperidine rings is 1. The van der Waals surface area contributed by atoms with E-state index in [9.17, 15) is 9.90 Å². The third kappa shape index (κ3) is 3.29. The Morgan fingerprint density at radius 2 is 2.44 bits per heavy atom. The first kappa shape index (κ1) is 13.5. The molecule has 18 heavy (non-hydrogen) atoms. The molecule has 5 heteroatoms. The first-order valence-electron chi connectivity index (χ1n) is 6.46. The van der Waals surface area contributed by atoms with Gasteiger partial charge in [0, 0.05) is 24.4 Å². The van der Waals surface area contributed by atoms with Gasteiger partial charge in [0.2, 0.25) is 5.91 Å². The minimum Gasteiger partial charge on any atom is -0.391 e. The third-order valence-electron chi connectivity index (χ3n) is 3.14. The van der Waals surface area contributed by atoms with Crippen LogP contribution in [0.15, 0.2) is 5.38 Å². The highest BCUT2D eigenvalue weighted by Crippen LogP contribution is 2.20. The summed E-state index contributed by atoms with van der Waals surface area (Å²) in [6.07, 6.45) is 1.69. The monoisotopic (exact) mass is 268 g/mol. The van der Waals surface area contributed by atoms with Crippen molar-refractivity contribution in [2.45, 2.75) is 45.1 Å². The zero-order valence-corrected chi connectivity index (χ0v) is 11.7. The number of rotatable bonds is 3. The molecule has 1 fully saturated rings. The fraction of sp³-hybridized carbons (Fsp3) is 0.692. The van der Waals surface area contributed by atoms with Gasteiger partial charge in [-0.25, -0.2) is 4.98 Å². The maximum atomic E-state index is 12.1. The van der Waals surface area contributed by atoms with Gasteiger partial charge in [0.1, 0.15) is 0 Å². The Labute approximate surface area is 112 Å². The molecule has 4 nitrogen and oxygen atoms in total. The molecule has 100 valence electrons. The van der Waals surface area contributed by atoms with Crippen LogP contribution in [0.2, 0.25) is 0 Å². The van der Waals surface area contributed by atoms with Crippen LogP contribution in [-0.2, 0) is 11.2 Å². The summed E-state index contributed by atoms with van der Waals surface area (Å²) in [5.41, 5.74) is 0.855. The molecule has 1 atom stereocenters. The van der Waals surface area contributed by atoms with E-state index in [1.807, 2.05) is 5.38 Å². The average molecular weight is 268 g/mol. The second-order valence-corrected chi connectivity index (χ2v) is 6.03. The van der Waals surface area contributed by atoms with Crippen LogP contribution in [0.25, 0.3) is 0 Å². The zero-order chi connectivity index (χ0) is 13.1. The second kappa shape index (κ2) is 5.80. The molecule has 0 bridgehead atoms. The minimum absolute atomic E-state index is 0.0781. The van der Waals surface area contributed by atoms with Crippen LogP contribution < -0.4 is 0 Å². The number of carbonyl (C=O) groups is 1. The summed E-state index contributed by atoms with van der Waals surface area (Å²) in [4.78, 5) is 18.3. The van der Waals surface area contributed by atoms with Gasteiger partial charge in [-0.3, -0.25) is 4.79 Å². The molecule has 0 aliphatic carbocycles. The smallest absolute Gasteiger partial charge is 0.228 e. The van der Waals surface area contributed by atoms with Crippen LogP contribution in [0.3, 0.4) is 0 Å². The van der Waals surface area contributed by atoms with Gasteiger partial charge in [-0.15, -0.1) is 11.3 Å². The molecule has 2 heterocycles. The number of carbonyl (C=O) groups excluding carboxylic acids is 1. The van der Waals surface area contributed by atoms with Crippen molar-refractivity contribution >= 4 is 17.2 Å². The molecule has 0 saturated carbocycles. The van der Waals surface area contributed by atoms with Crippen LogP contribution in [0.4, 0.5) is 0 Å². The van der Waals surface area contributed by atoms with E-state index in [1.165, 1.54) is 0 Å². The maximum absolute atomic E-state index is 12.1. The van der Waals surface area contributed by atoms with Crippen LogP contribution in [0.5, 0.6) is 0 Å². The fourth-order valence-corrected chi connectivity index (χ4v) is 2.95. The van der Waals surface area contributed by atoms with Crippen LogP contribution in [0, 0.1) is 0 Å². The highest BCUT2D eigenvalue weighted by molar-refractivity contribution is 7.09. The fourth-order valence-electron chi connectivity index (χ4n) is 2.12. The highest BCUT2D eigenvalue weighted by atomic mass is 32.1. The number of aliphatic hydroxyl groups is 1. The molecule has 1 N–H and O–H groups in total. The first-order valence-corrected chi connectivity index (χ1v) is 7.34. The molecular weight excluding hydrogens is 248 g/mol. The lowest BCUT2D eigenvalue weighted by Gasteiger charge is -2.29. The SMILES string of the molecule is CC(C)c1nc(CC(=O)N2CCCC(O)C2)cs1. The summed E-state index contributed by atoms with van der Waals surface area (Å²) >= 11 is 1.62. The van der Waals surface area contributed by atoms with E-state index in [2.05, 4.69) is 18.8 Å². The topological polar surface area (TPSA) is 53.4 Å². The molecule has 0 radical (unpaired) electrons. The molecule has 1 unspecified atom stereocenters. The van der Waals surface area contributed by atoms with E-state index in [0.717, 1.165) is 30.1 Å². The van der Waals surface area contributed by atoms with E-state index in [-0.39, 0.29) is 12.0 Å². The van der Waals surface area contributed by atoms with Crippen LogP contribution in [0.1, 0.15) is 43.3 Å². The zero-order valence-electron chi connectivity index (χ0n) is 10.9. The van der Waals surface area contributed by atoms with E-state index in [0.29, 0.717) is 18.9 Å². The van der Waals surface area contributed by atoms with Gasteiger partial charge >= 0.3 is 0 Å². The molecular formula is C13H20N2O2S. The quantitative estimate of drug-likeness (QED) is 0.909. The highest BCUT2D eigenvalue weighted by Gasteiger charge is 2.22. The number of β-amino-alcohol motifs (C(OH)–C–C–N with tert-alkyl or cyclic N) is 1. The largest absolute Gasteiger partial charge is 0.391 e. The lowest BCUT2D eigenvalue weighted by molar-refractivity contribution is -0.133. The van der Waals surface area contributed by atoms with Gasteiger partial charge in [0.15, 0.2) is 0 Å². The molecule has 0 spiro atoms. The predicted octanol–water partition coefficient (Wildman–Crippen LogP) is 1.79. The Morgan fingerprint density at radius 3 is 3.06 bits per heavy atom. The van der Waals surface area contributed by atoms with Crippen molar-refractivity contribution in [2.75, 3.05) is 13.1 Å². The van der Waals surface area contributed by atoms with E-state index < -0.39 is 0 Å². The molecule has 1 aliphatic rings. The number of amides is 1. The Morgan fingerprint density at radius 1 is 1.67 bits per heavy atom. The Bertz CT molecular complexity index is 417. The Hall–Kier alpha value is -0.940. The molecule has 0 aromatic carbocycles. The number of hydrogen-bond acceptors (Lipinski definition) is 4. The summed E-state index contributed by atoms with van der Waals surface area (Å²) in [7, 11) is 0. The van der Waals surface area contributed by atoms with Crippen molar-refractivity contribution in [2.24, 2.45) is 0 Å². The summed E-state index contributed by atoms with van der Waals surface area (Å²) < 4.78 is 0. The number of aromatic nitrogens is 1. The normalized spacial score (nSPS) is 20.4. The average Bonchev–Trinajstić information content (AvgIpc) is 2.77. The van der Waals surface area contributed by atoms with Crippen molar-refractivity contribution in [1.29, 1.82) is 0 Å². The molecule has 1 saturated heterocycles. The van der Waals surface area contributed by atoms with E-state index >= 15 is 0 Å². The predicted molar refractivity (Wildman–Crippen MR) is 71.7 cm³/mol. The number of thiazole rings is 1. The molecule has 2 rings (SSSR count). The lowest BCUT2D eigenvalue weighted by atomic mass is 10.1. The molecule has 1 aliphatic heterocycles. The summed E-state index contributed by atoms with van der Waals surface area (Å²) in [5, 5.41) is 12.6. The van der Waals surface area contributed by atoms with Crippen LogP contribution >= 0.6 is 11.3 Å². The lowest BCUT2D eigenvalue weighted by Crippen LogP contribution is -2.42. The minimum atomic E-state index is -0.357.